The Morgan fingerprint density at radius 2 is 2.04 bits per heavy atom. The van der Waals surface area contributed by atoms with E-state index in [1.54, 1.807) is 15.9 Å². The number of aromatic nitrogens is 3. The van der Waals surface area contributed by atoms with Crippen LogP contribution in [0.3, 0.4) is 0 Å². The van der Waals surface area contributed by atoms with Crippen LogP contribution in [0.4, 0.5) is 11.5 Å². The van der Waals surface area contributed by atoms with Gasteiger partial charge >= 0.3 is 0 Å². The number of thiophene rings is 1. The van der Waals surface area contributed by atoms with Gasteiger partial charge in [0.2, 0.25) is 5.91 Å². The van der Waals surface area contributed by atoms with Crippen LogP contribution in [0.2, 0.25) is 0 Å². The molecule has 3 aromatic heterocycles. The molecule has 4 aromatic rings. The lowest BCUT2D eigenvalue weighted by Crippen LogP contribution is -2.05. The van der Waals surface area contributed by atoms with Gasteiger partial charge in [0, 0.05) is 12.6 Å². The molecule has 0 aliphatic carbocycles. The van der Waals surface area contributed by atoms with E-state index in [0.29, 0.717) is 17.3 Å². The number of carbonyl (C=O) groups is 1. The Labute approximate surface area is 147 Å². The topological polar surface area (TPSA) is 85.3 Å². The van der Waals surface area contributed by atoms with Crippen LogP contribution in [0.5, 0.6) is 0 Å². The monoisotopic (exact) mass is 349 g/mol. The summed E-state index contributed by atoms with van der Waals surface area (Å²) in [6.45, 7) is 1.49. The van der Waals surface area contributed by atoms with Crippen molar-refractivity contribution in [2.24, 2.45) is 0 Å². The fourth-order valence-electron chi connectivity index (χ4n) is 2.67. The molecule has 4 rings (SSSR count). The van der Waals surface area contributed by atoms with Crippen molar-refractivity contribution < 1.29 is 4.79 Å². The average Bonchev–Trinajstić information content (AvgIpc) is 3.23. The smallest absolute Gasteiger partial charge is 0.221 e. The van der Waals surface area contributed by atoms with Crippen LogP contribution in [0.25, 0.3) is 27.5 Å². The minimum atomic E-state index is -0.106. The van der Waals surface area contributed by atoms with Crippen molar-refractivity contribution in [2.75, 3.05) is 11.1 Å². The standard InChI is InChI=1S/C18H15N5OS/c1-11(24)20-14-5-2-4-12(8-14)13-9-16(19)23-17(10-13)21-18(22-23)15-6-3-7-25-15/h2-10H,19H2,1H3,(H,20,24). The molecule has 0 aliphatic rings. The summed E-state index contributed by atoms with van der Waals surface area (Å²) in [5.41, 5.74) is 9.46. The molecule has 124 valence electrons. The second-order valence-corrected chi connectivity index (χ2v) is 6.56. The van der Waals surface area contributed by atoms with Gasteiger partial charge in [0.25, 0.3) is 0 Å². The number of benzene rings is 1. The van der Waals surface area contributed by atoms with Crippen LogP contribution < -0.4 is 11.1 Å². The summed E-state index contributed by atoms with van der Waals surface area (Å²) in [5.74, 6) is 1.06. The molecule has 7 heteroatoms. The van der Waals surface area contributed by atoms with Crippen LogP contribution >= 0.6 is 11.3 Å². The van der Waals surface area contributed by atoms with Gasteiger partial charge in [-0.1, -0.05) is 18.2 Å². The van der Waals surface area contributed by atoms with E-state index in [1.165, 1.54) is 6.92 Å². The normalized spacial score (nSPS) is 10.9. The van der Waals surface area contributed by atoms with E-state index in [4.69, 9.17) is 5.73 Å². The molecular weight excluding hydrogens is 334 g/mol. The summed E-state index contributed by atoms with van der Waals surface area (Å²) in [6, 6.07) is 15.3. The third-order valence-electron chi connectivity index (χ3n) is 3.72. The number of carbonyl (C=O) groups excluding carboxylic acids is 1. The summed E-state index contributed by atoms with van der Waals surface area (Å²) in [5, 5.41) is 9.26. The number of fused-ring (bicyclic) bond motifs is 1. The maximum Gasteiger partial charge on any atom is 0.221 e. The molecule has 1 amide bonds. The van der Waals surface area contributed by atoms with Gasteiger partial charge in [-0.3, -0.25) is 4.79 Å². The van der Waals surface area contributed by atoms with Crippen molar-refractivity contribution in [1.82, 2.24) is 14.6 Å². The van der Waals surface area contributed by atoms with Crippen molar-refractivity contribution in [2.45, 2.75) is 6.92 Å². The summed E-state index contributed by atoms with van der Waals surface area (Å²) >= 11 is 1.59. The van der Waals surface area contributed by atoms with Crippen molar-refractivity contribution in [3.05, 3.63) is 53.9 Å². The lowest BCUT2D eigenvalue weighted by atomic mass is 10.1. The number of rotatable bonds is 3. The van der Waals surface area contributed by atoms with Crippen molar-refractivity contribution in [1.29, 1.82) is 0 Å². The first-order valence-corrected chi connectivity index (χ1v) is 8.56. The number of anilines is 2. The van der Waals surface area contributed by atoms with Gasteiger partial charge in [-0.15, -0.1) is 16.4 Å². The minimum absolute atomic E-state index is 0.106. The quantitative estimate of drug-likeness (QED) is 0.591. The van der Waals surface area contributed by atoms with Gasteiger partial charge < -0.3 is 11.1 Å². The van der Waals surface area contributed by atoms with E-state index in [1.807, 2.05) is 53.9 Å². The first kappa shape index (κ1) is 15.3. The van der Waals surface area contributed by atoms with Crippen LogP contribution in [-0.4, -0.2) is 20.5 Å². The third kappa shape index (κ3) is 2.97. The maximum absolute atomic E-state index is 11.3. The summed E-state index contributed by atoms with van der Waals surface area (Å²) in [4.78, 5) is 16.8. The van der Waals surface area contributed by atoms with Crippen molar-refractivity contribution >= 4 is 34.4 Å². The second-order valence-electron chi connectivity index (χ2n) is 5.61. The lowest BCUT2D eigenvalue weighted by molar-refractivity contribution is -0.114. The summed E-state index contributed by atoms with van der Waals surface area (Å²) in [6.07, 6.45) is 0. The fraction of sp³-hybridized carbons (Fsp3) is 0.0556. The predicted octanol–water partition coefficient (Wildman–Crippen LogP) is 3.67. The van der Waals surface area contributed by atoms with Crippen LogP contribution in [0.1, 0.15) is 6.92 Å². The van der Waals surface area contributed by atoms with Crippen LogP contribution in [0.15, 0.2) is 53.9 Å². The Morgan fingerprint density at radius 1 is 1.16 bits per heavy atom. The van der Waals surface area contributed by atoms with E-state index in [9.17, 15) is 4.79 Å². The highest BCUT2D eigenvalue weighted by molar-refractivity contribution is 7.13. The highest BCUT2D eigenvalue weighted by atomic mass is 32.1. The molecule has 0 radical (unpaired) electrons. The molecule has 0 saturated carbocycles. The summed E-state index contributed by atoms with van der Waals surface area (Å²) < 4.78 is 1.64. The summed E-state index contributed by atoms with van der Waals surface area (Å²) in [7, 11) is 0. The second kappa shape index (κ2) is 6.03. The van der Waals surface area contributed by atoms with E-state index >= 15 is 0 Å². The van der Waals surface area contributed by atoms with Gasteiger partial charge in [-0.25, -0.2) is 4.98 Å². The molecule has 3 N–H and O–H groups in total. The highest BCUT2D eigenvalue weighted by Crippen LogP contribution is 2.28. The van der Waals surface area contributed by atoms with Crippen LogP contribution in [0, 0.1) is 0 Å². The molecule has 1 aromatic carbocycles. The first-order valence-electron chi connectivity index (χ1n) is 7.68. The molecule has 0 bridgehead atoms. The zero-order valence-electron chi connectivity index (χ0n) is 13.4. The Morgan fingerprint density at radius 3 is 2.80 bits per heavy atom. The number of nitrogens with one attached hydrogen (secondary N) is 1. The van der Waals surface area contributed by atoms with Gasteiger partial charge in [0.15, 0.2) is 11.5 Å². The van der Waals surface area contributed by atoms with Gasteiger partial charge in [-0.05, 0) is 46.8 Å². The van der Waals surface area contributed by atoms with E-state index in [2.05, 4.69) is 15.4 Å². The van der Waals surface area contributed by atoms with Crippen LogP contribution in [-0.2, 0) is 4.79 Å². The molecule has 6 nitrogen and oxygen atoms in total. The van der Waals surface area contributed by atoms with Gasteiger partial charge in [0.1, 0.15) is 5.82 Å². The lowest BCUT2D eigenvalue weighted by Gasteiger charge is -2.07. The van der Waals surface area contributed by atoms with E-state index < -0.39 is 0 Å². The van der Waals surface area contributed by atoms with Gasteiger partial charge in [-0.2, -0.15) is 4.52 Å². The van der Waals surface area contributed by atoms with E-state index in [0.717, 1.165) is 21.7 Å². The highest BCUT2D eigenvalue weighted by Gasteiger charge is 2.11. The number of nitrogen functional groups attached to an aromatic ring is 1. The number of amides is 1. The molecule has 3 heterocycles. The largest absolute Gasteiger partial charge is 0.384 e. The first-order chi connectivity index (χ1) is 12.1. The predicted molar refractivity (Wildman–Crippen MR) is 100 cm³/mol. The number of hydrogen-bond donors (Lipinski definition) is 2. The molecule has 0 fully saturated rings. The zero-order chi connectivity index (χ0) is 17.4. The van der Waals surface area contributed by atoms with Crippen molar-refractivity contribution in [3.63, 3.8) is 0 Å². The number of hydrogen-bond acceptors (Lipinski definition) is 5. The molecule has 0 aliphatic heterocycles. The zero-order valence-corrected chi connectivity index (χ0v) is 14.2. The molecule has 0 atom stereocenters. The minimum Gasteiger partial charge on any atom is -0.384 e. The third-order valence-corrected chi connectivity index (χ3v) is 4.59. The number of pyridine rings is 1. The maximum atomic E-state index is 11.3. The van der Waals surface area contributed by atoms with Crippen molar-refractivity contribution in [3.8, 4) is 21.8 Å². The molecule has 0 spiro atoms. The number of nitrogens with zero attached hydrogens (tertiary/aromatic N) is 3. The molecule has 0 unspecified atom stereocenters. The number of nitrogens with two attached hydrogens (primary N) is 1. The Kier molecular flexibility index (Phi) is 3.70. The Balaban J connectivity index is 1.79. The SMILES string of the molecule is CC(=O)Nc1cccc(-c2cc(N)n3nc(-c4cccs4)nc3c2)c1. The van der Waals surface area contributed by atoms with E-state index in [-0.39, 0.29) is 5.91 Å². The molecule has 0 saturated heterocycles. The molecule has 25 heavy (non-hydrogen) atoms. The average molecular weight is 349 g/mol. The fourth-order valence-corrected chi connectivity index (χ4v) is 3.32. The Bertz CT molecular complexity index is 1070. The Hall–Kier alpha value is -3.19. The molecular formula is C18H15N5OS. The van der Waals surface area contributed by atoms with Gasteiger partial charge in [0.05, 0.1) is 4.88 Å².